The molecule has 3 rings (SSSR count). The van der Waals surface area contributed by atoms with Gasteiger partial charge in [-0.05, 0) is 37.1 Å². The summed E-state index contributed by atoms with van der Waals surface area (Å²) >= 11 is 0. The Kier molecular flexibility index (Phi) is 5.26. The minimum atomic E-state index is -0.232. The average Bonchev–Trinajstić information content (AvgIpc) is 2.94. The summed E-state index contributed by atoms with van der Waals surface area (Å²) < 4.78 is 0. The van der Waals surface area contributed by atoms with Crippen molar-refractivity contribution < 1.29 is 0 Å². The van der Waals surface area contributed by atoms with Crippen LogP contribution in [0.4, 0.5) is 0 Å². The fraction of sp³-hybridized carbons (Fsp3) is 0.278. The number of para-hydroxylation sites is 1. The predicted molar refractivity (Wildman–Crippen MR) is 90.0 cm³/mol. The standard InChI is InChI=1S/C14H17N3.C4H6/c15-14(7-3-8-17-14)10-11-6-9-16-13-5-2-1-4-12(11)13;1-3-4-2/h1-2,4-6,9,17H,3,7-8,10,15H2;3-4H,1-2H2. The van der Waals surface area contributed by atoms with E-state index < -0.39 is 0 Å². The lowest BCUT2D eigenvalue weighted by molar-refractivity contribution is 0.389. The van der Waals surface area contributed by atoms with Crippen LogP contribution in [-0.4, -0.2) is 17.2 Å². The molecule has 1 fully saturated rings. The molecule has 0 spiro atoms. The van der Waals surface area contributed by atoms with Gasteiger partial charge < -0.3 is 5.73 Å². The molecule has 0 bridgehead atoms. The Morgan fingerprint density at radius 3 is 2.67 bits per heavy atom. The Bertz CT molecular complexity index is 601. The molecule has 110 valence electrons. The van der Waals surface area contributed by atoms with E-state index in [9.17, 15) is 0 Å². The first kappa shape index (κ1) is 15.4. The smallest absolute Gasteiger partial charge is 0.0704 e. The van der Waals surface area contributed by atoms with Gasteiger partial charge in [0.1, 0.15) is 0 Å². The molecule has 1 unspecified atom stereocenters. The van der Waals surface area contributed by atoms with Crippen LogP contribution in [0, 0.1) is 0 Å². The summed E-state index contributed by atoms with van der Waals surface area (Å²) in [4.78, 5) is 4.38. The number of hydrogen-bond donors (Lipinski definition) is 2. The van der Waals surface area contributed by atoms with Crippen LogP contribution in [0.5, 0.6) is 0 Å². The number of nitrogens with two attached hydrogens (primary N) is 1. The molecular weight excluding hydrogens is 258 g/mol. The van der Waals surface area contributed by atoms with Crippen molar-refractivity contribution >= 4 is 10.9 Å². The van der Waals surface area contributed by atoms with Crippen LogP contribution in [0.2, 0.25) is 0 Å². The van der Waals surface area contributed by atoms with E-state index in [0.717, 1.165) is 24.9 Å². The van der Waals surface area contributed by atoms with Crippen molar-refractivity contribution in [2.45, 2.75) is 24.9 Å². The van der Waals surface area contributed by atoms with E-state index in [1.165, 1.54) is 17.4 Å². The highest BCUT2D eigenvalue weighted by Gasteiger charge is 2.29. The van der Waals surface area contributed by atoms with Gasteiger partial charge in [-0.1, -0.05) is 43.5 Å². The van der Waals surface area contributed by atoms with Crippen molar-refractivity contribution in [3.8, 4) is 0 Å². The highest BCUT2D eigenvalue weighted by atomic mass is 15.1. The van der Waals surface area contributed by atoms with Gasteiger partial charge >= 0.3 is 0 Å². The van der Waals surface area contributed by atoms with Crippen LogP contribution < -0.4 is 11.1 Å². The number of fused-ring (bicyclic) bond motifs is 1. The van der Waals surface area contributed by atoms with Gasteiger partial charge in [0.2, 0.25) is 0 Å². The SMILES string of the molecule is C=CC=C.NC1(Cc2ccnc3ccccc23)CCCN1. The third-order valence-electron chi connectivity index (χ3n) is 3.69. The first-order valence-electron chi connectivity index (χ1n) is 7.28. The molecule has 1 saturated heterocycles. The second-order valence-electron chi connectivity index (χ2n) is 5.32. The van der Waals surface area contributed by atoms with Gasteiger partial charge in [0.15, 0.2) is 0 Å². The molecule has 1 aliphatic heterocycles. The second-order valence-corrected chi connectivity index (χ2v) is 5.32. The topological polar surface area (TPSA) is 50.9 Å². The molecule has 1 aromatic carbocycles. The largest absolute Gasteiger partial charge is 0.313 e. The zero-order valence-corrected chi connectivity index (χ0v) is 12.4. The third kappa shape index (κ3) is 4.00. The molecule has 3 heteroatoms. The third-order valence-corrected chi connectivity index (χ3v) is 3.69. The molecular formula is C18H23N3. The molecule has 0 radical (unpaired) electrons. The lowest BCUT2D eigenvalue weighted by Crippen LogP contribution is -2.50. The zero-order valence-electron chi connectivity index (χ0n) is 12.4. The van der Waals surface area contributed by atoms with Crippen LogP contribution in [0.3, 0.4) is 0 Å². The highest BCUT2D eigenvalue weighted by Crippen LogP contribution is 2.23. The number of allylic oxidation sites excluding steroid dienone is 2. The molecule has 1 aromatic heterocycles. The Morgan fingerprint density at radius 1 is 1.24 bits per heavy atom. The minimum absolute atomic E-state index is 0.232. The normalized spacial score (nSPS) is 20.6. The maximum atomic E-state index is 6.35. The molecule has 0 amide bonds. The average molecular weight is 281 g/mol. The monoisotopic (exact) mass is 281 g/mol. The summed E-state index contributed by atoms with van der Waals surface area (Å²) in [6, 6.07) is 10.3. The summed E-state index contributed by atoms with van der Waals surface area (Å²) in [7, 11) is 0. The van der Waals surface area contributed by atoms with Crippen molar-refractivity contribution in [1.29, 1.82) is 0 Å². The number of rotatable bonds is 3. The van der Waals surface area contributed by atoms with Crippen molar-refractivity contribution in [2.75, 3.05) is 6.54 Å². The molecule has 1 aliphatic rings. The summed E-state index contributed by atoms with van der Waals surface area (Å²) in [5.74, 6) is 0. The fourth-order valence-electron chi connectivity index (χ4n) is 2.63. The Balaban J connectivity index is 0.000000361. The minimum Gasteiger partial charge on any atom is -0.313 e. The Morgan fingerprint density at radius 2 is 2.00 bits per heavy atom. The summed E-state index contributed by atoms with van der Waals surface area (Å²) in [5, 5.41) is 4.62. The van der Waals surface area contributed by atoms with Gasteiger partial charge in [-0.25, -0.2) is 0 Å². The molecule has 2 aromatic rings. The lowest BCUT2D eigenvalue weighted by atomic mass is 9.96. The molecule has 21 heavy (non-hydrogen) atoms. The number of hydrogen-bond acceptors (Lipinski definition) is 3. The van der Waals surface area contributed by atoms with E-state index in [4.69, 9.17) is 5.73 Å². The maximum absolute atomic E-state index is 6.35. The van der Waals surface area contributed by atoms with Gasteiger partial charge in [-0.3, -0.25) is 10.3 Å². The number of nitrogens with zero attached hydrogens (tertiary/aromatic N) is 1. The zero-order chi connectivity index (χ0) is 15.1. The molecule has 3 nitrogen and oxygen atoms in total. The van der Waals surface area contributed by atoms with Crippen LogP contribution in [0.1, 0.15) is 18.4 Å². The van der Waals surface area contributed by atoms with Crippen LogP contribution in [0.15, 0.2) is 61.8 Å². The molecule has 3 N–H and O–H groups in total. The van der Waals surface area contributed by atoms with Crippen molar-refractivity contribution in [2.24, 2.45) is 5.73 Å². The molecule has 0 aliphatic carbocycles. The summed E-state index contributed by atoms with van der Waals surface area (Å²) in [6.45, 7) is 7.75. The van der Waals surface area contributed by atoms with Crippen LogP contribution >= 0.6 is 0 Å². The van der Waals surface area contributed by atoms with E-state index in [2.05, 4.69) is 41.7 Å². The van der Waals surface area contributed by atoms with E-state index in [1.807, 2.05) is 18.3 Å². The van der Waals surface area contributed by atoms with E-state index in [1.54, 1.807) is 12.2 Å². The lowest BCUT2D eigenvalue weighted by Gasteiger charge is -2.24. The number of benzene rings is 1. The Hall–Kier alpha value is -1.97. The second kappa shape index (κ2) is 7.16. The van der Waals surface area contributed by atoms with Gasteiger partial charge in [0.25, 0.3) is 0 Å². The maximum Gasteiger partial charge on any atom is 0.0704 e. The molecule has 1 atom stereocenters. The van der Waals surface area contributed by atoms with E-state index >= 15 is 0 Å². The van der Waals surface area contributed by atoms with Gasteiger partial charge in [-0.15, -0.1) is 0 Å². The van der Waals surface area contributed by atoms with Gasteiger partial charge in [0.05, 0.1) is 11.2 Å². The number of pyridine rings is 1. The molecule has 2 heterocycles. The van der Waals surface area contributed by atoms with Gasteiger partial charge in [0, 0.05) is 18.0 Å². The van der Waals surface area contributed by atoms with Crippen molar-refractivity contribution in [1.82, 2.24) is 10.3 Å². The van der Waals surface area contributed by atoms with Crippen LogP contribution in [0.25, 0.3) is 10.9 Å². The summed E-state index contributed by atoms with van der Waals surface area (Å²) in [5.41, 5.74) is 8.45. The first-order chi connectivity index (χ1) is 10.2. The predicted octanol–water partition coefficient (Wildman–Crippen LogP) is 3.17. The first-order valence-corrected chi connectivity index (χ1v) is 7.28. The fourth-order valence-corrected chi connectivity index (χ4v) is 2.63. The molecule has 0 saturated carbocycles. The summed E-state index contributed by atoms with van der Waals surface area (Å²) in [6.07, 6.45) is 8.23. The van der Waals surface area contributed by atoms with Gasteiger partial charge in [-0.2, -0.15) is 0 Å². The van der Waals surface area contributed by atoms with Crippen LogP contribution in [-0.2, 0) is 6.42 Å². The van der Waals surface area contributed by atoms with Crippen molar-refractivity contribution in [3.05, 3.63) is 67.4 Å². The van der Waals surface area contributed by atoms with E-state index in [0.29, 0.717) is 0 Å². The number of aromatic nitrogens is 1. The Labute approximate surface area is 126 Å². The quantitative estimate of drug-likeness (QED) is 0.850. The number of nitrogens with one attached hydrogen (secondary N) is 1. The van der Waals surface area contributed by atoms with Crippen molar-refractivity contribution in [3.63, 3.8) is 0 Å². The highest BCUT2D eigenvalue weighted by molar-refractivity contribution is 5.81. The van der Waals surface area contributed by atoms with E-state index in [-0.39, 0.29) is 5.66 Å².